The summed E-state index contributed by atoms with van der Waals surface area (Å²) in [6.07, 6.45) is 9.21. The van der Waals surface area contributed by atoms with Gasteiger partial charge in [-0.2, -0.15) is 8.42 Å². The summed E-state index contributed by atoms with van der Waals surface area (Å²) in [5.41, 5.74) is 0.353. The number of aliphatic hydroxyl groups is 1. The van der Waals surface area contributed by atoms with Gasteiger partial charge in [0.15, 0.2) is 5.78 Å². The molecule has 0 aliphatic heterocycles. The van der Waals surface area contributed by atoms with E-state index in [0.717, 1.165) is 42.9 Å². The third-order valence-electron chi connectivity index (χ3n) is 9.95. The molecule has 0 unspecified atom stereocenters. The summed E-state index contributed by atoms with van der Waals surface area (Å²) in [7, 11) is -3.94. The molecule has 3 fully saturated rings. The Hall–Kier alpha value is -2.29. The molecule has 1 aromatic rings. The molecule has 4 aliphatic carbocycles. The summed E-state index contributed by atoms with van der Waals surface area (Å²) < 4.78 is 31.5. The van der Waals surface area contributed by atoms with E-state index in [0.29, 0.717) is 25.2 Å². The lowest BCUT2D eigenvalue weighted by molar-refractivity contribution is -0.132. The van der Waals surface area contributed by atoms with Crippen LogP contribution in [-0.2, 0) is 23.9 Å². The molecular formula is C29H36O7S. The lowest BCUT2D eigenvalue weighted by Gasteiger charge is -2.56. The van der Waals surface area contributed by atoms with Crippen LogP contribution in [0, 0.1) is 41.9 Å². The first kappa shape index (κ1) is 26.3. The maximum atomic E-state index is 12.9. The average Bonchev–Trinajstić information content (AvgIpc) is 3.12. The van der Waals surface area contributed by atoms with Gasteiger partial charge in [-0.1, -0.05) is 30.2 Å². The molecule has 4 aliphatic rings. The number of carboxylic acid groups (broad SMARTS) is 1. The quantitative estimate of drug-likeness (QED) is 0.414. The van der Waals surface area contributed by atoms with Crippen molar-refractivity contribution in [1.82, 2.24) is 0 Å². The van der Waals surface area contributed by atoms with Crippen molar-refractivity contribution >= 4 is 21.9 Å². The van der Waals surface area contributed by atoms with Crippen molar-refractivity contribution in [2.75, 3.05) is 6.61 Å². The Bertz CT molecular complexity index is 1250. The number of aliphatic carboxylic acids is 1. The molecule has 37 heavy (non-hydrogen) atoms. The maximum Gasteiger partial charge on any atom is 0.328 e. The predicted molar refractivity (Wildman–Crippen MR) is 137 cm³/mol. The molecule has 200 valence electrons. The number of fused-ring (bicyclic) bond motifs is 5. The summed E-state index contributed by atoms with van der Waals surface area (Å²) in [4.78, 5) is 23.7. The highest BCUT2D eigenvalue weighted by molar-refractivity contribution is 7.86. The van der Waals surface area contributed by atoms with Crippen molar-refractivity contribution in [1.29, 1.82) is 0 Å². The first-order chi connectivity index (χ1) is 17.4. The van der Waals surface area contributed by atoms with Crippen LogP contribution in [-0.4, -0.2) is 42.6 Å². The number of carbonyl (C=O) groups is 2. The van der Waals surface area contributed by atoms with Crippen LogP contribution in [0.15, 0.2) is 53.0 Å². The number of carbonyl (C=O) groups excluding carboxylic acids is 1. The molecular weight excluding hydrogens is 492 g/mol. The fraction of sp³-hybridized carbons (Fsp3) is 0.586. The number of hydrogen-bond donors (Lipinski definition) is 2. The summed E-state index contributed by atoms with van der Waals surface area (Å²) in [5, 5.41) is 20.7. The highest BCUT2D eigenvalue weighted by Crippen LogP contribution is 2.65. The summed E-state index contributed by atoms with van der Waals surface area (Å²) in [6, 6.07) is 6.57. The largest absolute Gasteiger partial charge is 0.478 e. The first-order valence-corrected chi connectivity index (χ1v) is 14.7. The van der Waals surface area contributed by atoms with Crippen LogP contribution in [0.1, 0.15) is 57.4 Å². The van der Waals surface area contributed by atoms with Crippen molar-refractivity contribution in [2.24, 2.45) is 35.0 Å². The Morgan fingerprint density at radius 3 is 2.57 bits per heavy atom. The summed E-state index contributed by atoms with van der Waals surface area (Å²) >= 11 is 0. The number of ketones is 1. The zero-order chi connectivity index (χ0) is 26.6. The van der Waals surface area contributed by atoms with Gasteiger partial charge in [-0.05, 0) is 93.4 Å². The van der Waals surface area contributed by atoms with Crippen molar-refractivity contribution in [3.05, 3.63) is 53.6 Å². The van der Waals surface area contributed by atoms with E-state index in [1.54, 1.807) is 30.3 Å². The Morgan fingerprint density at radius 1 is 1.14 bits per heavy atom. The molecule has 7 atom stereocenters. The van der Waals surface area contributed by atoms with Gasteiger partial charge in [0, 0.05) is 23.8 Å². The van der Waals surface area contributed by atoms with Crippen LogP contribution in [0.25, 0.3) is 0 Å². The fourth-order valence-corrected chi connectivity index (χ4v) is 8.92. The van der Waals surface area contributed by atoms with Crippen LogP contribution in [0.4, 0.5) is 0 Å². The van der Waals surface area contributed by atoms with E-state index >= 15 is 0 Å². The van der Waals surface area contributed by atoms with E-state index in [1.807, 2.05) is 6.92 Å². The Labute approximate surface area is 218 Å². The van der Waals surface area contributed by atoms with Crippen LogP contribution in [0.2, 0.25) is 0 Å². The molecule has 2 N–H and O–H groups in total. The highest BCUT2D eigenvalue weighted by Gasteiger charge is 2.62. The molecule has 0 radical (unpaired) electrons. The lowest BCUT2D eigenvalue weighted by Crippen LogP contribution is -2.53. The topological polar surface area (TPSA) is 118 Å². The zero-order valence-electron chi connectivity index (χ0n) is 21.4. The Morgan fingerprint density at radius 2 is 1.86 bits per heavy atom. The fourth-order valence-electron chi connectivity index (χ4n) is 7.97. The third-order valence-corrected chi connectivity index (χ3v) is 11.2. The van der Waals surface area contributed by atoms with E-state index in [1.165, 1.54) is 6.08 Å². The van der Waals surface area contributed by atoms with Crippen molar-refractivity contribution in [3.63, 3.8) is 0 Å². The molecule has 5 rings (SSSR count). The molecule has 0 bridgehead atoms. The minimum absolute atomic E-state index is 0.0122. The Kier molecular flexibility index (Phi) is 6.74. The second kappa shape index (κ2) is 9.47. The van der Waals surface area contributed by atoms with Gasteiger partial charge in [-0.25, -0.2) is 4.79 Å². The second-order valence-corrected chi connectivity index (χ2v) is 13.4. The third kappa shape index (κ3) is 4.61. The van der Waals surface area contributed by atoms with E-state index in [-0.39, 0.29) is 41.0 Å². The van der Waals surface area contributed by atoms with Gasteiger partial charge >= 0.3 is 5.97 Å². The minimum Gasteiger partial charge on any atom is -0.478 e. The molecule has 0 aromatic heterocycles. The smallest absolute Gasteiger partial charge is 0.328 e. The van der Waals surface area contributed by atoms with E-state index in [2.05, 4.69) is 6.92 Å². The van der Waals surface area contributed by atoms with Crippen LogP contribution < -0.4 is 0 Å². The number of benzene rings is 1. The van der Waals surface area contributed by atoms with E-state index in [9.17, 15) is 23.1 Å². The van der Waals surface area contributed by atoms with Gasteiger partial charge in [0.2, 0.25) is 0 Å². The zero-order valence-corrected chi connectivity index (χ0v) is 22.2. The van der Waals surface area contributed by atoms with Crippen LogP contribution in [0.3, 0.4) is 0 Å². The normalized spacial score (nSPS) is 37.5. The van der Waals surface area contributed by atoms with Crippen molar-refractivity contribution < 1.29 is 32.4 Å². The van der Waals surface area contributed by atoms with Gasteiger partial charge in [0.05, 0.1) is 17.1 Å². The first-order valence-electron chi connectivity index (χ1n) is 13.3. The standard InChI is InChI=1S/C29H36O7S/c1-18-3-6-21(7-4-18)37(34,35)36-17-19-15-25-23(22-8-5-20(30)16-24(19)22)9-12-28(2)26(25)10-13-29(28,33)14-11-27(31)32/h3-4,6-7,11,14,16,19,22-23,25-26,33H,5,8-10,12-13,15,17H2,1-2H3,(H,31,32)/b14-11-/t19-,22+,23+,25+,26-,28-,29+/m0/s1. The average molecular weight is 529 g/mol. The summed E-state index contributed by atoms with van der Waals surface area (Å²) in [6.45, 7) is 3.96. The molecule has 0 spiro atoms. The molecule has 0 heterocycles. The number of carboxylic acids is 1. The molecule has 1 aromatic carbocycles. The van der Waals surface area contributed by atoms with Crippen LogP contribution >= 0.6 is 0 Å². The molecule has 0 amide bonds. The number of hydrogen-bond acceptors (Lipinski definition) is 6. The minimum atomic E-state index is -3.94. The number of rotatable bonds is 6. The van der Waals surface area contributed by atoms with Crippen molar-refractivity contribution in [2.45, 2.75) is 69.3 Å². The van der Waals surface area contributed by atoms with E-state index in [4.69, 9.17) is 9.29 Å². The van der Waals surface area contributed by atoms with E-state index < -0.39 is 27.1 Å². The van der Waals surface area contributed by atoms with Crippen molar-refractivity contribution in [3.8, 4) is 0 Å². The number of aryl methyl sites for hydroxylation is 1. The van der Waals surface area contributed by atoms with Gasteiger partial charge in [-0.15, -0.1) is 0 Å². The maximum absolute atomic E-state index is 12.9. The van der Waals surface area contributed by atoms with Crippen LogP contribution in [0.5, 0.6) is 0 Å². The predicted octanol–water partition coefficient (Wildman–Crippen LogP) is 4.44. The van der Waals surface area contributed by atoms with Gasteiger partial charge in [-0.3, -0.25) is 8.98 Å². The highest BCUT2D eigenvalue weighted by atomic mass is 32.2. The van der Waals surface area contributed by atoms with Gasteiger partial charge in [0.25, 0.3) is 10.1 Å². The molecule has 0 saturated heterocycles. The SMILES string of the molecule is Cc1ccc(S(=O)(=O)OC[C@@H]2C[C@@H]3[C@H](CC[C@@]4(C)[C@H]3CC[C@@]4(O)/C=C\C(=O)O)[C@H]3CCC(=O)C=C23)cc1. The molecule has 3 saturated carbocycles. The van der Waals surface area contributed by atoms with Gasteiger partial charge in [0.1, 0.15) is 0 Å². The Balaban J connectivity index is 1.42. The lowest BCUT2D eigenvalue weighted by atomic mass is 9.49. The monoisotopic (exact) mass is 528 g/mol. The molecule has 7 nitrogen and oxygen atoms in total. The second-order valence-electron chi connectivity index (χ2n) is 11.8. The summed E-state index contributed by atoms with van der Waals surface area (Å²) in [5.74, 6) is -0.164. The molecule has 8 heteroatoms. The van der Waals surface area contributed by atoms with Gasteiger partial charge < -0.3 is 10.2 Å².